The van der Waals surface area contributed by atoms with Gasteiger partial charge in [0.1, 0.15) is 6.54 Å². The number of alkyl halides is 3. The third-order valence-electron chi connectivity index (χ3n) is 3.76. The van der Waals surface area contributed by atoms with E-state index in [0.29, 0.717) is 11.6 Å². The molecule has 5 nitrogen and oxygen atoms in total. The highest BCUT2D eigenvalue weighted by Gasteiger charge is 2.34. The zero-order chi connectivity index (χ0) is 21.3. The number of carbonyl (C=O) groups is 1. The normalized spacial score (nSPS) is 12.0. The fraction of sp³-hybridized carbons (Fsp3) is 0.235. The van der Waals surface area contributed by atoms with Crippen molar-refractivity contribution < 1.29 is 26.4 Å². The largest absolute Gasteiger partial charge is 0.418 e. The molecule has 0 fully saturated rings. The lowest BCUT2D eigenvalue weighted by Crippen LogP contribution is -2.38. The summed E-state index contributed by atoms with van der Waals surface area (Å²) in [5.41, 5.74) is -1.11. The molecule has 0 saturated heterocycles. The molecule has 152 valence electrons. The van der Waals surface area contributed by atoms with Crippen LogP contribution in [0, 0.1) is 6.92 Å². The standard InChI is InChI=1S/C17H15Cl2F3N2O3S/c1-10-13(19)4-3-5-15(10)24(28(2,26)27)9-16(25)23-14-7-6-11(18)8-12(14)17(20,21)22/h3-8H,9H2,1-2H3,(H,23,25). The van der Waals surface area contributed by atoms with Crippen molar-refractivity contribution in [3.05, 3.63) is 57.6 Å². The van der Waals surface area contributed by atoms with Gasteiger partial charge in [-0.25, -0.2) is 8.42 Å². The molecule has 0 aliphatic heterocycles. The zero-order valence-electron chi connectivity index (χ0n) is 14.6. The van der Waals surface area contributed by atoms with E-state index in [2.05, 4.69) is 5.32 Å². The van der Waals surface area contributed by atoms with Crippen molar-refractivity contribution in [3.8, 4) is 0 Å². The molecule has 2 aromatic rings. The monoisotopic (exact) mass is 454 g/mol. The van der Waals surface area contributed by atoms with Crippen LogP contribution in [0.4, 0.5) is 24.5 Å². The minimum absolute atomic E-state index is 0.150. The molecule has 1 N–H and O–H groups in total. The Labute approximate surface area is 170 Å². The van der Waals surface area contributed by atoms with Crippen LogP contribution in [0.15, 0.2) is 36.4 Å². The molecule has 0 radical (unpaired) electrons. The molecule has 2 rings (SSSR count). The molecule has 0 bridgehead atoms. The van der Waals surface area contributed by atoms with Crippen LogP contribution in [0.25, 0.3) is 0 Å². The average molecular weight is 455 g/mol. The quantitative estimate of drug-likeness (QED) is 0.710. The van der Waals surface area contributed by atoms with Gasteiger partial charge in [0.05, 0.1) is 23.2 Å². The number of amides is 1. The Bertz CT molecular complexity index is 1010. The van der Waals surface area contributed by atoms with E-state index in [9.17, 15) is 26.4 Å². The van der Waals surface area contributed by atoms with Gasteiger partial charge in [0.2, 0.25) is 15.9 Å². The molecule has 0 aliphatic rings. The highest BCUT2D eigenvalue weighted by atomic mass is 35.5. The van der Waals surface area contributed by atoms with E-state index in [1.165, 1.54) is 18.2 Å². The SMILES string of the molecule is Cc1c(Cl)cccc1N(CC(=O)Nc1ccc(Cl)cc1C(F)(F)F)S(C)(=O)=O. The van der Waals surface area contributed by atoms with Gasteiger partial charge in [-0.05, 0) is 42.8 Å². The molecule has 0 heterocycles. The number of rotatable bonds is 5. The van der Waals surface area contributed by atoms with Crippen LogP contribution in [0.1, 0.15) is 11.1 Å². The van der Waals surface area contributed by atoms with E-state index in [-0.39, 0.29) is 15.7 Å². The number of hydrogen-bond donors (Lipinski definition) is 1. The van der Waals surface area contributed by atoms with E-state index in [1.54, 1.807) is 13.0 Å². The highest BCUT2D eigenvalue weighted by molar-refractivity contribution is 7.92. The lowest BCUT2D eigenvalue weighted by atomic mass is 10.1. The van der Waals surface area contributed by atoms with E-state index in [0.717, 1.165) is 16.6 Å². The van der Waals surface area contributed by atoms with Crippen LogP contribution >= 0.6 is 23.2 Å². The molecule has 0 saturated carbocycles. The number of halogens is 5. The van der Waals surface area contributed by atoms with Gasteiger partial charge in [0.25, 0.3) is 0 Å². The summed E-state index contributed by atoms with van der Waals surface area (Å²) < 4.78 is 64.6. The number of carbonyl (C=O) groups excluding carboxylic acids is 1. The molecule has 0 aliphatic carbocycles. The van der Waals surface area contributed by atoms with Crippen LogP contribution < -0.4 is 9.62 Å². The van der Waals surface area contributed by atoms with Crippen molar-refractivity contribution in [2.24, 2.45) is 0 Å². The summed E-state index contributed by atoms with van der Waals surface area (Å²) in [6.45, 7) is 0.828. The first-order valence-electron chi connectivity index (χ1n) is 7.70. The molecule has 0 spiro atoms. The summed E-state index contributed by atoms with van der Waals surface area (Å²) in [6, 6.07) is 7.35. The Morgan fingerprint density at radius 3 is 2.39 bits per heavy atom. The maximum Gasteiger partial charge on any atom is 0.418 e. The van der Waals surface area contributed by atoms with Gasteiger partial charge in [0, 0.05) is 10.0 Å². The summed E-state index contributed by atoms with van der Waals surface area (Å²) in [4.78, 5) is 12.4. The molecular formula is C17H15Cl2F3N2O3S. The number of benzene rings is 2. The Kier molecular flexibility index (Phi) is 6.52. The first-order valence-corrected chi connectivity index (χ1v) is 10.3. The molecule has 28 heavy (non-hydrogen) atoms. The summed E-state index contributed by atoms with van der Waals surface area (Å²) in [5, 5.41) is 2.22. The molecule has 1 amide bonds. The second kappa shape index (κ2) is 8.18. The third-order valence-corrected chi connectivity index (χ3v) is 5.53. The molecule has 0 aromatic heterocycles. The van der Waals surface area contributed by atoms with E-state index < -0.39 is 39.9 Å². The first-order chi connectivity index (χ1) is 12.8. The molecular weight excluding hydrogens is 440 g/mol. The van der Waals surface area contributed by atoms with E-state index >= 15 is 0 Å². The fourth-order valence-electron chi connectivity index (χ4n) is 2.43. The predicted octanol–water partition coefficient (Wildman–Crippen LogP) is 4.73. The number of nitrogens with one attached hydrogen (secondary N) is 1. The topological polar surface area (TPSA) is 66.5 Å². The zero-order valence-corrected chi connectivity index (χ0v) is 17.0. The molecule has 2 aromatic carbocycles. The first kappa shape index (κ1) is 22.3. The van der Waals surface area contributed by atoms with Crippen molar-refractivity contribution in [1.29, 1.82) is 0 Å². The summed E-state index contributed by atoms with van der Waals surface area (Å²) in [7, 11) is -3.92. The van der Waals surface area contributed by atoms with Crippen molar-refractivity contribution >= 4 is 50.5 Å². The lowest BCUT2D eigenvalue weighted by molar-refractivity contribution is -0.137. The minimum Gasteiger partial charge on any atom is -0.324 e. The molecule has 11 heteroatoms. The number of hydrogen-bond acceptors (Lipinski definition) is 3. The van der Waals surface area contributed by atoms with Gasteiger partial charge in [0.15, 0.2) is 0 Å². The Morgan fingerprint density at radius 2 is 1.82 bits per heavy atom. The molecule has 0 atom stereocenters. The summed E-state index contributed by atoms with van der Waals surface area (Å²) in [5.74, 6) is -0.961. The smallest absolute Gasteiger partial charge is 0.324 e. The Hall–Kier alpha value is -1.97. The second-order valence-electron chi connectivity index (χ2n) is 5.89. The fourth-order valence-corrected chi connectivity index (χ4v) is 3.68. The van der Waals surface area contributed by atoms with Gasteiger partial charge in [-0.3, -0.25) is 9.10 Å². The minimum atomic E-state index is -4.76. The van der Waals surface area contributed by atoms with Crippen LogP contribution in [-0.4, -0.2) is 27.1 Å². The molecule has 0 unspecified atom stereocenters. The van der Waals surface area contributed by atoms with Crippen LogP contribution in [0.2, 0.25) is 10.0 Å². The summed E-state index contributed by atoms with van der Waals surface area (Å²) in [6.07, 6.45) is -3.88. The maximum absolute atomic E-state index is 13.2. The predicted molar refractivity (Wildman–Crippen MR) is 103 cm³/mol. The second-order valence-corrected chi connectivity index (χ2v) is 8.64. The number of sulfonamides is 1. The van der Waals surface area contributed by atoms with Crippen LogP contribution in [0.3, 0.4) is 0 Å². The van der Waals surface area contributed by atoms with E-state index in [4.69, 9.17) is 23.2 Å². The van der Waals surface area contributed by atoms with Crippen molar-refractivity contribution in [2.75, 3.05) is 22.4 Å². The number of anilines is 2. The van der Waals surface area contributed by atoms with Gasteiger partial charge in [-0.1, -0.05) is 29.3 Å². The third kappa shape index (κ3) is 5.30. The average Bonchev–Trinajstić information content (AvgIpc) is 2.55. The lowest BCUT2D eigenvalue weighted by Gasteiger charge is -2.24. The van der Waals surface area contributed by atoms with Gasteiger partial charge < -0.3 is 5.32 Å². The van der Waals surface area contributed by atoms with Gasteiger partial charge in [-0.15, -0.1) is 0 Å². The van der Waals surface area contributed by atoms with Crippen molar-refractivity contribution in [2.45, 2.75) is 13.1 Å². The van der Waals surface area contributed by atoms with Crippen LogP contribution in [-0.2, 0) is 21.0 Å². The number of nitrogens with zero attached hydrogens (tertiary/aromatic N) is 1. The highest BCUT2D eigenvalue weighted by Crippen LogP contribution is 2.36. The van der Waals surface area contributed by atoms with Crippen molar-refractivity contribution in [1.82, 2.24) is 0 Å². The van der Waals surface area contributed by atoms with E-state index in [1.807, 2.05) is 0 Å². The maximum atomic E-state index is 13.2. The van der Waals surface area contributed by atoms with Crippen molar-refractivity contribution in [3.63, 3.8) is 0 Å². The van der Waals surface area contributed by atoms with Crippen LogP contribution in [0.5, 0.6) is 0 Å². The Morgan fingerprint density at radius 1 is 1.18 bits per heavy atom. The van der Waals surface area contributed by atoms with Gasteiger partial charge >= 0.3 is 6.18 Å². The van der Waals surface area contributed by atoms with Gasteiger partial charge in [-0.2, -0.15) is 13.2 Å². The Balaban J connectivity index is 2.36. The summed E-state index contributed by atoms with van der Waals surface area (Å²) >= 11 is 11.6.